The molecule has 4 N–H and O–H groups in total. The molecule has 0 unspecified atom stereocenters. The van der Waals surface area contributed by atoms with E-state index in [1.54, 1.807) is 0 Å². The van der Waals surface area contributed by atoms with Crippen LogP contribution in [0.5, 0.6) is 11.5 Å². The molecule has 0 aliphatic carbocycles. The molecule has 7 heteroatoms. The van der Waals surface area contributed by atoms with Crippen LogP contribution in [-0.4, -0.2) is 28.3 Å². The second kappa shape index (κ2) is 6.45. The van der Waals surface area contributed by atoms with Crippen LogP contribution in [0.25, 0.3) is 0 Å². The Balaban J connectivity index is 2.36. The van der Waals surface area contributed by atoms with Gasteiger partial charge in [-0.2, -0.15) is 8.42 Å². The molecule has 0 saturated carbocycles. The maximum atomic E-state index is 11.8. The lowest BCUT2D eigenvalue weighted by molar-refractivity contribution is 0.122. The molecule has 0 spiro atoms. The lowest BCUT2D eigenvalue weighted by atomic mass is 9.80. The number of hydrogen-bond donors (Lipinski definition) is 4. The Morgan fingerprint density at radius 2 is 1.12 bits per heavy atom. The zero-order valence-corrected chi connectivity index (χ0v) is 14.3. The molecule has 0 saturated heterocycles. The average molecular weight is 372 g/mol. The van der Waals surface area contributed by atoms with Gasteiger partial charge < -0.3 is 15.3 Å². The maximum absolute atomic E-state index is 11.8. The summed E-state index contributed by atoms with van der Waals surface area (Å²) in [6, 6.07) is 16.8. The molecule has 3 rings (SSSR count). The summed E-state index contributed by atoms with van der Waals surface area (Å²) in [4.78, 5) is -0.441. The van der Waals surface area contributed by atoms with Crippen LogP contribution < -0.4 is 0 Å². The van der Waals surface area contributed by atoms with E-state index < -0.39 is 20.6 Å². The van der Waals surface area contributed by atoms with E-state index in [1.807, 2.05) is 0 Å². The first-order chi connectivity index (χ1) is 12.2. The van der Waals surface area contributed by atoms with Crippen LogP contribution in [0.2, 0.25) is 0 Å². The third-order valence-corrected chi connectivity index (χ3v) is 5.04. The number of rotatable bonds is 4. The molecular weight excluding hydrogens is 356 g/mol. The van der Waals surface area contributed by atoms with Crippen LogP contribution in [0.1, 0.15) is 16.7 Å². The van der Waals surface area contributed by atoms with Gasteiger partial charge in [-0.1, -0.05) is 42.5 Å². The molecular formula is C19H16O6S. The summed E-state index contributed by atoms with van der Waals surface area (Å²) in [6.45, 7) is 0. The van der Waals surface area contributed by atoms with Crippen LogP contribution in [0.4, 0.5) is 0 Å². The van der Waals surface area contributed by atoms with E-state index >= 15 is 0 Å². The lowest BCUT2D eigenvalue weighted by Crippen LogP contribution is -2.30. The first-order valence-corrected chi connectivity index (χ1v) is 9.05. The summed E-state index contributed by atoms with van der Waals surface area (Å²) >= 11 is 0. The molecule has 0 heterocycles. The fourth-order valence-electron chi connectivity index (χ4n) is 2.87. The molecule has 3 aromatic carbocycles. The van der Waals surface area contributed by atoms with Gasteiger partial charge in [-0.05, 0) is 41.5 Å². The highest BCUT2D eigenvalue weighted by atomic mass is 32.2. The van der Waals surface area contributed by atoms with Crippen molar-refractivity contribution >= 4 is 10.1 Å². The Kier molecular flexibility index (Phi) is 4.45. The van der Waals surface area contributed by atoms with Crippen molar-refractivity contribution in [3.8, 4) is 11.5 Å². The van der Waals surface area contributed by atoms with Crippen molar-refractivity contribution in [1.82, 2.24) is 0 Å². The highest BCUT2D eigenvalue weighted by Crippen LogP contribution is 2.40. The Hall–Kier alpha value is -2.87. The number of hydrogen-bond acceptors (Lipinski definition) is 5. The predicted octanol–water partition coefficient (Wildman–Crippen LogP) is 2.63. The fourth-order valence-corrected chi connectivity index (χ4v) is 3.62. The second-order valence-corrected chi connectivity index (χ2v) is 7.17. The Bertz CT molecular complexity index is 979. The summed E-state index contributed by atoms with van der Waals surface area (Å²) in [5, 5.41) is 30.7. The molecule has 0 radical (unpaired) electrons. The van der Waals surface area contributed by atoms with E-state index in [1.165, 1.54) is 72.8 Å². The number of aromatic hydroxyl groups is 2. The summed E-state index contributed by atoms with van der Waals surface area (Å²) in [6.07, 6.45) is 0. The molecule has 6 nitrogen and oxygen atoms in total. The van der Waals surface area contributed by atoms with Gasteiger partial charge in [0.25, 0.3) is 10.1 Å². The fraction of sp³-hybridized carbons (Fsp3) is 0.0526. The van der Waals surface area contributed by atoms with Gasteiger partial charge >= 0.3 is 0 Å². The first kappa shape index (κ1) is 17.9. The molecule has 3 aromatic rings. The van der Waals surface area contributed by atoms with E-state index in [-0.39, 0.29) is 28.2 Å². The van der Waals surface area contributed by atoms with Gasteiger partial charge in [0.15, 0.2) is 0 Å². The van der Waals surface area contributed by atoms with Crippen LogP contribution in [-0.2, 0) is 15.7 Å². The third kappa shape index (κ3) is 3.15. The topological polar surface area (TPSA) is 115 Å². The molecule has 0 atom stereocenters. The van der Waals surface area contributed by atoms with Crippen molar-refractivity contribution in [2.45, 2.75) is 10.5 Å². The number of phenols is 2. The predicted molar refractivity (Wildman–Crippen MR) is 94.6 cm³/mol. The molecule has 0 bridgehead atoms. The van der Waals surface area contributed by atoms with E-state index in [9.17, 15) is 28.3 Å². The van der Waals surface area contributed by atoms with Gasteiger partial charge in [-0.3, -0.25) is 4.55 Å². The minimum Gasteiger partial charge on any atom is -0.508 e. The van der Waals surface area contributed by atoms with E-state index in [4.69, 9.17) is 0 Å². The maximum Gasteiger partial charge on any atom is 0.294 e. The normalized spacial score (nSPS) is 12.1. The molecule has 0 aromatic heterocycles. The quantitative estimate of drug-likeness (QED) is 0.413. The van der Waals surface area contributed by atoms with Gasteiger partial charge in [0, 0.05) is 5.56 Å². The minimum absolute atomic E-state index is 0.0233. The lowest BCUT2D eigenvalue weighted by Gasteiger charge is -2.31. The minimum atomic E-state index is -4.61. The summed E-state index contributed by atoms with van der Waals surface area (Å²) in [5.74, 6) is -0.0465. The molecule has 0 fully saturated rings. The zero-order chi connectivity index (χ0) is 18.9. The first-order valence-electron chi connectivity index (χ1n) is 7.61. The van der Waals surface area contributed by atoms with Gasteiger partial charge in [-0.25, -0.2) is 0 Å². The smallest absolute Gasteiger partial charge is 0.294 e. The summed E-state index contributed by atoms with van der Waals surface area (Å²) < 4.78 is 33.3. The Morgan fingerprint density at radius 1 is 0.692 bits per heavy atom. The van der Waals surface area contributed by atoms with Crippen molar-refractivity contribution < 1.29 is 28.3 Å². The second-order valence-electron chi connectivity index (χ2n) is 5.78. The van der Waals surface area contributed by atoms with E-state index in [0.717, 1.165) is 0 Å². The molecule has 0 aliphatic rings. The van der Waals surface area contributed by atoms with Crippen molar-refractivity contribution in [3.63, 3.8) is 0 Å². The molecule has 26 heavy (non-hydrogen) atoms. The van der Waals surface area contributed by atoms with Gasteiger partial charge in [0.1, 0.15) is 22.0 Å². The standard InChI is InChI=1S/C19H16O6S/c20-15-9-5-13(6-10-15)19(22,14-7-11-16(21)12-8-14)17-3-1-2-4-18(17)26(23,24)25/h1-12,20-22H,(H,23,24,25). The van der Waals surface area contributed by atoms with Crippen molar-refractivity contribution in [2.24, 2.45) is 0 Å². The Labute approximate surface area is 150 Å². The van der Waals surface area contributed by atoms with Crippen molar-refractivity contribution in [2.75, 3.05) is 0 Å². The van der Waals surface area contributed by atoms with Crippen molar-refractivity contribution in [1.29, 1.82) is 0 Å². The van der Waals surface area contributed by atoms with Crippen LogP contribution in [0.15, 0.2) is 77.7 Å². The van der Waals surface area contributed by atoms with Gasteiger partial charge in [-0.15, -0.1) is 0 Å². The highest BCUT2D eigenvalue weighted by molar-refractivity contribution is 7.85. The highest BCUT2D eigenvalue weighted by Gasteiger charge is 2.38. The largest absolute Gasteiger partial charge is 0.508 e. The number of phenolic OH excluding ortho intramolecular Hbond substituents is 2. The van der Waals surface area contributed by atoms with Gasteiger partial charge in [0.2, 0.25) is 0 Å². The average Bonchev–Trinajstić information content (AvgIpc) is 2.61. The SMILES string of the molecule is O=S(=O)(O)c1ccccc1C(O)(c1ccc(O)cc1)c1ccc(O)cc1. The summed E-state index contributed by atoms with van der Waals surface area (Å²) in [7, 11) is -4.61. The van der Waals surface area contributed by atoms with Crippen LogP contribution in [0.3, 0.4) is 0 Å². The summed E-state index contributed by atoms with van der Waals surface area (Å²) in [5.41, 5.74) is -1.46. The van der Waals surface area contributed by atoms with Crippen LogP contribution in [0, 0.1) is 0 Å². The molecule has 134 valence electrons. The van der Waals surface area contributed by atoms with E-state index in [2.05, 4.69) is 0 Å². The Morgan fingerprint density at radius 3 is 1.54 bits per heavy atom. The van der Waals surface area contributed by atoms with Crippen molar-refractivity contribution in [3.05, 3.63) is 89.5 Å². The monoisotopic (exact) mass is 372 g/mol. The van der Waals surface area contributed by atoms with Gasteiger partial charge in [0.05, 0.1) is 0 Å². The number of benzene rings is 3. The zero-order valence-electron chi connectivity index (χ0n) is 13.4. The number of aliphatic hydroxyl groups is 1. The van der Waals surface area contributed by atoms with Crippen LogP contribution >= 0.6 is 0 Å². The molecule has 0 aliphatic heterocycles. The third-order valence-electron chi connectivity index (χ3n) is 4.12. The molecule has 0 amide bonds. The van der Waals surface area contributed by atoms with E-state index in [0.29, 0.717) is 0 Å².